The van der Waals surface area contributed by atoms with Crippen molar-refractivity contribution in [1.82, 2.24) is 16.0 Å². The van der Waals surface area contributed by atoms with Gasteiger partial charge in [0.25, 0.3) is 0 Å². The molecule has 0 unspecified atom stereocenters. The number of nitrogens with two attached hydrogens (primary N) is 5. The maximum Gasteiger partial charge on any atom is 0.243 e. The molecule has 0 aliphatic rings. The summed E-state index contributed by atoms with van der Waals surface area (Å²) >= 11 is 0. The first-order chi connectivity index (χ1) is 23.5. The Morgan fingerprint density at radius 1 is 0.653 bits per heavy atom. The summed E-state index contributed by atoms with van der Waals surface area (Å²) in [6.07, 6.45) is 1.65. The van der Waals surface area contributed by atoms with Crippen molar-refractivity contribution in [3.05, 3.63) is 96.1 Å². The Hall–Kier alpha value is -5.43. The van der Waals surface area contributed by atoms with E-state index < -0.39 is 29.9 Å². The van der Waals surface area contributed by atoms with Crippen LogP contribution in [-0.2, 0) is 20.8 Å². The number of hydrogen-bond acceptors (Lipinski definition) is 6. The van der Waals surface area contributed by atoms with E-state index in [0.717, 1.165) is 22.3 Å². The van der Waals surface area contributed by atoms with Crippen molar-refractivity contribution in [3.8, 4) is 11.1 Å². The lowest BCUT2D eigenvalue weighted by Gasteiger charge is -2.25. The van der Waals surface area contributed by atoms with Crippen LogP contribution in [0.3, 0.4) is 0 Å². The Kier molecular flexibility index (Phi) is 15.6. The second-order valence-corrected chi connectivity index (χ2v) is 12.0. The molecule has 0 aliphatic heterocycles. The number of guanidine groups is 2. The zero-order valence-electron chi connectivity index (χ0n) is 28.1. The van der Waals surface area contributed by atoms with Crippen LogP contribution in [0.2, 0.25) is 0 Å². The molecule has 3 rings (SSSR count). The van der Waals surface area contributed by atoms with Gasteiger partial charge < -0.3 is 44.6 Å². The largest absolute Gasteiger partial charge is 0.370 e. The number of nitrogens with zero attached hydrogens (tertiary/aromatic N) is 2. The number of hydrogen-bond donors (Lipinski definition) is 8. The molecule has 3 aromatic carbocycles. The number of aliphatic imine (C=N–C) groups is 2. The summed E-state index contributed by atoms with van der Waals surface area (Å²) < 4.78 is 0. The molecule has 0 aliphatic carbocycles. The Bertz CT molecular complexity index is 1520. The molecule has 13 nitrogen and oxygen atoms in total. The highest BCUT2D eigenvalue weighted by atomic mass is 16.2. The van der Waals surface area contributed by atoms with E-state index in [1.165, 1.54) is 0 Å². The molecular formula is C36H50N10O3. The Labute approximate surface area is 288 Å². The molecule has 0 saturated heterocycles. The van der Waals surface area contributed by atoms with Crippen LogP contribution in [0.4, 0.5) is 0 Å². The van der Waals surface area contributed by atoms with Crippen molar-refractivity contribution in [3.63, 3.8) is 0 Å². The second kappa shape index (κ2) is 20.1. The molecule has 13 N–H and O–H groups in total. The summed E-state index contributed by atoms with van der Waals surface area (Å²) in [6, 6.07) is 24.6. The van der Waals surface area contributed by atoms with Crippen molar-refractivity contribution in [2.24, 2.45) is 38.7 Å². The molecule has 0 bridgehead atoms. The van der Waals surface area contributed by atoms with Gasteiger partial charge in [0.2, 0.25) is 17.7 Å². The average molecular weight is 671 g/mol. The number of carbonyl (C=O) groups is 3. The van der Waals surface area contributed by atoms with E-state index in [1.807, 2.05) is 91.9 Å². The fraction of sp³-hybridized carbons (Fsp3) is 0.361. The quantitative estimate of drug-likeness (QED) is 0.0522. The normalized spacial score (nSPS) is 13.2. The van der Waals surface area contributed by atoms with Gasteiger partial charge in [0.15, 0.2) is 11.9 Å². The van der Waals surface area contributed by atoms with E-state index in [1.54, 1.807) is 0 Å². The predicted molar refractivity (Wildman–Crippen MR) is 195 cm³/mol. The molecule has 0 fully saturated rings. The third kappa shape index (κ3) is 13.7. The molecule has 0 aromatic heterocycles. The van der Waals surface area contributed by atoms with Crippen LogP contribution in [0.15, 0.2) is 94.9 Å². The standard InChI is InChI=1S/C36H50N10O3/c1-24(26-10-4-2-5-11-26)23-44-33(48)30(15-9-21-43-36(40)41)45-34(49)31(46-32(47)29(37)14-8-20-42-35(38)39)22-25-16-18-28(19-17-25)27-12-6-3-7-13-27/h2-7,10-13,16-19,24,29-31H,8-9,14-15,20-23,37H2,1H3,(H,44,48)(H,45,49)(H,46,47)(H4,38,39,42)(H4,40,41,43)/t24-,29-,30-,31-/m0/s1. The van der Waals surface area contributed by atoms with E-state index in [0.29, 0.717) is 32.4 Å². The van der Waals surface area contributed by atoms with Gasteiger partial charge in [0, 0.05) is 26.1 Å². The third-order valence-corrected chi connectivity index (χ3v) is 7.97. The first-order valence-electron chi connectivity index (χ1n) is 16.5. The van der Waals surface area contributed by atoms with Gasteiger partial charge in [-0.15, -0.1) is 0 Å². The molecule has 0 spiro atoms. The van der Waals surface area contributed by atoms with Gasteiger partial charge in [-0.3, -0.25) is 24.4 Å². The minimum atomic E-state index is -1.02. The maximum atomic E-state index is 13.9. The summed E-state index contributed by atoms with van der Waals surface area (Å²) in [4.78, 5) is 48.5. The highest BCUT2D eigenvalue weighted by molar-refractivity contribution is 5.93. The minimum absolute atomic E-state index is 0.0422. The summed E-state index contributed by atoms with van der Waals surface area (Å²) in [7, 11) is 0. The SMILES string of the molecule is C[C@@H](CNC(=O)[C@H](CCCN=C(N)N)NC(=O)[C@H](Cc1ccc(-c2ccccc2)cc1)NC(=O)[C@@H](N)CCCN=C(N)N)c1ccccc1. The zero-order chi connectivity index (χ0) is 35.6. The van der Waals surface area contributed by atoms with Crippen molar-refractivity contribution in [2.45, 2.75) is 63.1 Å². The van der Waals surface area contributed by atoms with Crippen molar-refractivity contribution in [2.75, 3.05) is 19.6 Å². The monoisotopic (exact) mass is 670 g/mol. The summed E-state index contributed by atoms with van der Waals surface area (Å²) in [5.74, 6) is -1.43. The number of rotatable bonds is 19. The van der Waals surface area contributed by atoms with Crippen LogP contribution in [0.1, 0.15) is 49.7 Å². The smallest absolute Gasteiger partial charge is 0.243 e. The van der Waals surface area contributed by atoms with E-state index >= 15 is 0 Å². The first-order valence-corrected chi connectivity index (χ1v) is 16.5. The molecule has 0 saturated carbocycles. The van der Waals surface area contributed by atoms with Crippen LogP contribution < -0.4 is 44.6 Å². The predicted octanol–water partition coefficient (Wildman–Crippen LogP) is 1.22. The van der Waals surface area contributed by atoms with Crippen LogP contribution >= 0.6 is 0 Å². The molecular weight excluding hydrogens is 620 g/mol. The number of carbonyl (C=O) groups excluding carboxylic acids is 3. The fourth-order valence-electron chi connectivity index (χ4n) is 5.16. The van der Waals surface area contributed by atoms with Crippen LogP contribution in [0.25, 0.3) is 11.1 Å². The van der Waals surface area contributed by atoms with Gasteiger partial charge in [-0.25, -0.2) is 0 Å². The van der Waals surface area contributed by atoms with Gasteiger partial charge in [0.1, 0.15) is 12.1 Å². The second-order valence-electron chi connectivity index (χ2n) is 12.0. The lowest BCUT2D eigenvalue weighted by Crippen LogP contribution is -2.56. The lowest BCUT2D eigenvalue weighted by atomic mass is 9.99. The van der Waals surface area contributed by atoms with Gasteiger partial charge in [0.05, 0.1) is 6.04 Å². The lowest BCUT2D eigenvalue weighted by molar-refractivity contribution is -0.132. The molecule has 262 valence electrons. The Morgan fingerprint density at radius 3 is 1.78 bits per heavy atom. The molecule has 13 heteroatoms. The molecule has 3 amide bonds. The molecule has 0 radical (unpaired) electrons. The van der Waals surface area contributed by atoms with Gasteiger partial charge in [-0.1, -0.05) is 91.9 Å². The first kappa shape index (κ1) is 38.0. The molecule has 3 aromatic rings. The summed E-state index contributed by atoms with van der Waals surface area (Å²) in [5, 5.41) is 8.65. The molecule has 4 atom stereocenters. The minimum Gasteiger partial charge on any atom is -0.370 e. The van der Waals surface area contributed by atoms with Gasteiger partial charge in [-0.2, -0.15) is 0 Å². The van der Waals surface area contributed by atoms with Crippen molar-refractivity contribution in [1.29, 1.82) is 0 Å². The summed E-state index contributed by atoms with van der Waals surface area (Å²) in [6.45, 7) is 2.98. The Balaban J connectivity index is 1.77. The van der Waals surface area contributed by atoms with E-state index in [2.05, 4.69) is 25.9 Å². The van der Waals surface area contributed by atoms with E-state index in [4.69, 9.17) is 28.7 Å². The van der Waals surface area contributed by atoms with Crippen molar-refractivity contribution >= 4 is 29.6 Å². The van der Waals surface area contributed by atoms with E-state index in [9.17, 15) is 14.4 Å². The van der Waals surface area contributed by atoms with Crippen LogP contribution in [0.5, 0.6) is 0 Å². The number of amides is 3. The number of nitrogens with one attached hydrogen (secondary N) is 3. The Morgan fingerprint density at radius 2 is 1.18 bits per heavy atom. The maximum absolute atomic E-state index is 13.9. The van der Waals surface area contributed by atoms with E-state index in [-0.39, 0.29) is 43.1 Å². The number of benzene rings is 3. The zero-order valence-corrected chi connectivity index (χ0v) is 28.1. The topological polar surface area (TPSA) is 242 Å². The summed E-state index contributed by atoms with van der Waals surface area (Å²) in [5.41, 5.74) is 31.9. The molecule has 49 heavy (non-hydrogen) atoms. The molecule has 0 heterocycles. The highest BCUT2D eigenvalue weighted by Gasteiger charge is 2.28. The fourth-order valence-corrected chi connectivity index (χ4v) is 5.16. The van der Waals surface area contributed by atoms with Crippen molar-refractivity contribution < 1.29 is 14.4 Å². The highest BCUT2D eigenvalue weighted by Crippen LogP contribution is 2.20. The van der Waals surface area contributed by atoms with Gasteiger partial charge in [-0.05, 0) is 53.9 Å². The van der Waals surface area contributed by atoms with Crippen LogP contribution in [-0.4, -0.2) is 67.4 Å². The van der Waals surface area contributed by atoms with Gasteiger partial charge >= 0.3 is 0 Å². The average Bonchev–Trinajstić information content (AvgIpc) is 3.10. The third-order valence-electron chi connectivity index (χ3n) is 7.97. The van der Waals surface area contributed by atoms with Crippen LogP contribution in [0, 0.1) is 0 Å².